The molecule has 1 heterocycles. The van der Waals surface area contributed by atoms with E-state index in [1.165, 1.54) is 5.57 Å². The molecule has 1 aliphatic rings. The minimum absolute atomic E-state index is 0.647. The molecule has 5 heteroatoms. The normalized spacial score (nSPS) is 16.4. The summed E-state index contributed by atoms with van der Waals surface area (Å²) in [5.41, 5.74) is 6.79. The van der Waals surface area contributed by atoms with Gasteiger partial charge in [-0.25, -0.2) is 4.99 Å². The average molecular weight is 216 g/mol. The van der Waals surface area contributed by atoms with Crippen LogP contribution in [-0.2, 0) is 9.47 Å². The lowest BCUT2D eigenvalue weighted by Gasteiger charge is -2.10. The maximum Gasteiger partial charge on any atom is 0.158 e. The van der Waals surface area contributed by atoms with E-state index in [9.17, 15) is 0 Å². The van der Waals surface area contributed by atoms with Gasteiger partial charge in [-0.2, -0.15) is 0 Å². The highest BCUT2D eigenvalue weighted by atomic mass is 32.2. The molecule has 0 saturated heterocycles. The van der Waals surface area contributed by atoms with Crippen molar-refractivity contribution in [2.75, 3.05) is 32.7 Å². The van der Waals surface area contributed by atoms with Crippen molar-refractivity contribution in [2.24, 2.45) is 10.7 Å². The van der Waals surface area contributed by atoms with Crippen LogP contribution in [0.2, 0.25) is 0 Å². The molecule has 1 rings (SSSR count). The van der Waals surface area contributed by atoms with E-state index >= 15 is 0 Å². The van der Waals surface area contributed by atoms with Gasteiger partial charge in [0.05, 0.1) is 19.8 Å². The van der Waals surface area contributed by atoms with Crippen LogP contribution in [0.5, 0.6) is 0 Å². The maximum atomic E-state index is 5.51. The van der Waals surface area contributed by atoms with Crippen molar-refractivity contribution >= 4 is 16.9 Å². The molecule has 2 N–H and O–H groups in total. The third-order valence-corrected chi connectivity index (χ3v) is 2.70. The highest BCUT2D eigenvalue weighted by Crippen LogP contribution is 2.16. The molecule has 0 aromatic heterocycles. The van der Waals surface area contributed by atoms with E-state index in [0.29, 0.717) is 18.4 Å². The lowest BCUT2D eigenvalue weighted by Crippen LogP contribution is -2.11. The van der Waals surface area contributed by atoms with Crippen molar-refractivity contribution in [3.05, 3.63) is 11.8 Å². The Morgan fingerprint density at radius 2 is 2.36 bits per heavy atom. The Labute approximate surface area is 88.5 Å². The Morgan fingerprint density at radius 3 is 3.00 bits per heavy atom. The Hall–Kier alpha value is -0.520. The van der Waals surface area contributed by atoms with Gasteiger partial charge in [0.15, 0.2) is 5.17 Å². The fourth-order valence-corrected chi connectivity index (χ4v) is 1.66. The second-order valence-electron chi connectivity index (χ2n) is 2.90. The topological polar surface area (TPSA) is 56.8 Å². The standard InChI is InChI=1S/C9H16N2O2S/c1-12-4-5-13-3-2-8-6-11-9(10)14-7-8/h6H,2-5,7H2,1H3,(H2,10,11). The average Bonchev–Trinajstić information content (AvgIpc) is 2.21. The van der Waals surface area contributed by atoms with Gasteiger partial charge in [-0.1, -0.05) is 11.8 Å². The first-order valence-corrected chi connectivity index (χ1v) is 5.52. The lowest BCUT2D eigenvalue weighted by atomic mass is 10.2. The Kier molecular flexibility index (Phi) is 5.66. The molecule has 0 bridgehead atoms. The second-order valence-corrected chi connectivity index (χ2v) is 3.89. The Bertz CT molecular complexity index is 229. The summed E-state index contributed by atoms with van der Waals surface area (Å²) < 4.78 is 10.2. The van der Waals surface area contributed by atoms with Crippen LogP contribution in [-0.4, -0.2) is 37.9 Å². The zero-order chi connectivity index (χ0) is 10.2. The molecule has 4 nitrogen and oxygen atoms in total. The highest BCUT2D eigenvalue weighted by Gasteiger charge is 2.05. The number of hydrogen-bond donors (Lipinski definition) is 1. The van der Waals surface area contributed by atoms with Gasteiger partial charge in [0.2, 0.25) is 0 Å². The van der Waals surface area contributed by atoms with Crippen molar-refractivity contribution < 1.29 is 9.47 Å². The third kappa shape index (κ3) is 4.64. The van der Waals surface area contributed by atoms with Gasteiger partial charge in [0.25, 0.3) is 0 Å². The van der Waals surface area contributed by atoms with Crippen molar-refractivity contribution in [2.45, 2.75) is 6.42 Å². The summed E-state index contributed by atoms with van der Waals surface area (Å²) in [6, 6.07) is 0. The van der Waals surface area contributed by atoms with Crippen molar-refractivity contribution in [3.63, 3.8) is 0 Å². The summed E-state index contributed by atoms with van der Waals surface area (Å²) in [6.07, 6.45) is 2.76. The molecule has 0 aromatic rings. The molecule has 0 radical (unpaired) electrons. The first-order valence-electron chi connectivity index (χ1n) is 4.53. The number of nitrogens with zero attached hydrogens (tertiary/aromatic N) is 1. The number of methoxy groups -OCH3 is 1. The summed E-state index contributed by atoms with van der Waals surface area (Å²) in [4.78, 5) is 4.04. The van der Waals surface area contributed by atoms with Crippen LogP contribution in [0.25, 0.3) is 0 Å². The van der Waals surface area contributed by atoms with Crippen LogP contribution in [0.15, 0.2) is 16.8 Å². The van der Waals surface area contributed by atoms with Crippen LogP contribution in [0.4, 0.5) is 0 Å². The summed E-state index contributed by atoms with van der Waals surface area (Å²) in [7, 11) is 1.67. The van der Waals surface area contributed by atoms with Gasteiger partial charge in [-0.15, -0.1) is 0 Å². The number of amidine groups is 1. The van der Waals surface area contributed by atoms with Gasteiger partial charge in [-0.05, 0) is 12.0 Å². The number of aliphatic imine (C=N–C) groups is 1. The van der Waals surface area contributed by atoms with Crippen molar-refractivity contribution in [1.29, 1.82) is 0 Å². The fraction of sp³-hybridized carbons (Fsp3) is 0.667. The number of rotatable bonds is 6. The van der Waals surface area contributed by atoms with Crippen molar-refractivity contribution in [1.82, 2.24) is 0 Å². The first kappa shape index (κ1) is 11.6. The zero-order valence-corrected chi connectivity index (χ0v) is 9.18. The summed E-state index contributed by atoms with van der Waals surface area (Å²) >= 11 is 1.57. The number of hydrogen-bond acceptors (Lipinski definition) is 5. The molecular weight excluding hydrogens is 200 g/mol. The largest absolute Gasteiger partial charge is 0.382 e. The van der Waals surface area contributed by atoms with Gasteiger partial charge in [0, 0.05) is 19.1 Å². The molecule has 0 amide bonds. The van der Waals surface area contributed by atoms with Crippen LogP contribution in [0, 0.1) is 0 Å². The summed E-state index contributed by atoms with van der Waals surface area (Å²) in [5.74, 6) is 0.934. The molecule has 0 aliphatic carbocycles. The van der Waals surface area contributed by atoms with E-state index < -0.39 is 0 Å². The van der Waals surface area contributed by atoms with Crippen molar-refractivity contribution in [3.8, 4) is 0 Å². The van der Waals surface area contributed by atoms with Crippen LogP contribution >= 0.6 is 11.8 Å². The monoisotopic (exact) mass is 216 g/mol. The van der Waals surface area contributed by atoms with Crippen LogP contribution in [0.1, 0.15) is 6.42 Å². The molecule has 14 heavy (non-hydrogen) atoms. The quantitative estimate of drug-likeness (QED) is 0.673. The molecule has 1 aliphatic heterocycles. The fourth-order valence-electron chi connectivity index (χ4n) is 0.980. The minimum Gasteiger partial charge on any atom is -0.382 e. The highest BCUT2D eigenvalue weighted by molar-refractivity contribution is 8.14. The lowest BCUT2D eigenvalue weighted by molar-refractivity contribution is 0.0723. The van der Waals surface area contributed by atoms with E-state index in [-0.39, 0.29) is 0 Å². The molecule has 0 fully saturated rings. The number of thioether (sulfide) groups is 1. The van der Waals surface area contributed by atoms with E-state index in [4.69, 9.17) is 15.2 Å². The molecule has 0 saturated carbocycles. The van der Waals surface area contributed by atoms with Gasteiger partial charge >= 0.3 is 0 Å². The zero-order valence-electron chi connectivity index (χ0n) is 8.36. The Morgan fingerprint density at radius 1 is 1.50 bits per heavy atom. The van der Waals surface area contributed by atoms with Gasteiger partial charge < -0.3 is 15.2 Å². The smallest absolute Gasteiger partial charge is 0.158 e. The van der Waals surface area contributed by atoms with E-state index in [1.807, 2.05) is 6.20 Å². The SMILES string of the molecule is COCCOCCC1=CN=C(N)SC1. The minimum atomic E-state index is 0.647. The van der Waals surface area contributed by atoms with Gasteiger partial charge in [0.1, 0.15) is 0 Å². The third-order valence-electron chi connectivity index (χ3n) is 1.78. The first-order chi connectivity index (χ1) is 6.83. The predicted molar refractivity (Wildman–Crippen MR) is 59.5 cm³/mol. The van der Waals surface area contributed by atoms with Crippen LogP contribution in [0.3, 0.4) is 0 Å². The molecular formula is C9H16N2O2S. The summed E-state index contributed by atoms with van der Waals surface area (Å²) in [5, 5.41) is 0.647. The summed E-state index contributed by atoms with van der Waals surface area (Å²) in [6.45, 7) is 2.03. The molecule has 0 aromatic carbocycles. The molecule has 0 atom stereocenters. The number of ether oxygens (including phenoxy) is 2. The van der Waals surface area contributed by atoms with E-state index in [0.717, 1.165) is 18.8 Å². The second kappa shape index (κ2) is 6.86. The van der Waals surface area contributed by atoms with E-state index in [1.54, 1.807) is 18.9 Å². The molecule has 80 valence electrons. The molecule has 0 unspecified atom stereocenters. The van der Waals surface area contributed by atoms with Gasteiger partial charge in [-0.3, -0.25) is 0 Å². The van der Waals surface area contributed by atoms with E-state index in [2.05, 4.69) is 4.99 Å². The predicted octanol–water partition coefficient (Wildman–Crippen LogP) is 0.985. The Balaban J connectivity index is 2.07. The van der Waals surface area contributed by atoms with Crippen LogP contribution < -0.4 is 5.73 Å². The molecule has 0 spiro atoms. The maximum absolute atomic E-state index is 5.51. The number of nitrogens with two attached hydrogens (primary N) is 1.